The molecule has 0 spiro atoms. The van der Waals surface area contributed by atoms with Gasteiger partial charge in [-0.1, -0.05) is 0 Å². The summed E-state index contributed by atoms with van der Waals surface area (Å²) in [5.74, 6) is -4.56. The molecule has 1 atom stereocenters. The Kier molecular flexibility index (Phi) is 2.66. The lowest BCUT2D eigenvalue weighted by Gasteiger charge is -2.08. The van der Waals surface area contributed by atoms with E-state index in [1.807, 2.05) is 0 Å². The minimum Gasteiger partial charge on any atom is -0.505 e. The zero-order valence-electron chi connectivity index (χ0n) is 6.87. The first-order valence-electron chi connectivity index (χ1n) is 3.59. The Hall–Kier alpha value is -1.69. The fourth-order valence-corrected chi connectivity index (χ4v) is 0.925. The van der Waals surface area contributed by atoms with Crippen molar-refractivity contribution in [1.82, 2.24) is 0 Å². The molecule has 1 aromatic rings. The number of hydrogen-bond donors (Lipinski definition) is 3. The summed E-state index contributed by atoms with van der Waals surface area (Å²) >= 11 is 0. The molecule has 0 bridgehead atoms. The van der Waals surface area contributed by atoms with Gasteiger partial charge in [-0.15, -0.1) is 0 Å². The first kappa shape index (κ1) is 10.4. The average molecular weight is 203 g/mol. The molecular formula is C8H7F2NO3. The Morgan fingerprint density at radius 2 is 1.93 bits per heavy atom. The lowest BCUT2D eigenvalue weighted by molar-refractivity contribution is -0.138. The summed E-state index contributed by atoms with van der Waals surface area (Å²) in [7, 11) is 0. The van der Waals surface area contributed by atoms with E-state index in [2.05, 4.69) is 0 Å². The maximum atomic E-state index is 12.9. The van der Waals surface area contributed by atoms with Gasteiger partial charge in [0.15, 0.2) is 11.6 Å². The van der Waals surface area contributed by atoms with Crippen molar-refractivity contribution in [2.24, 2.45) is 5.73 Å². The fraction of sp³-hybridized carbons (Fsp3) is 0.125. The number of carbonyl (C=O) groups is 1. The molecular weight excluding hydrogens is 196 g/mol. The van der Waals surface area contributed by atoms with E-state index >= 15 is 0 Å². The first-order valence-corrected chi connectivity index (χ1v) is 3.59. The molecule has 0 heterocycles. The predicted octanol–water partition coefficient (Wildman–Crippen LogP) is 0.755. The number of aliphatic carboxylic acids is 1. The molecule has 1 rings (SSSR count). The van der Waals surface area contributed by atoms with Crippen LogP contribution in [0.15, 0.2) is 12.1 Å². The highest BCUT2D eigenvalue weighted by Gasteiger charge is 2.20. The van der Waals surface area contributed by atoms with Gasteiger partial charge in [-0.05, 0) is 6.07 Å². The van der Waals surface area contributed by atoms with Crippen LogP contribution in [0.1, 0.15) is 11.6 Å². The number of halogens is 2. The van der Waals surface area contributed by atoms with Crippen LogP contribution in [0, 0.1) is 11.6 Å². The van der Waals surface area contributed by atoms with Crippen LogP contribution in [0.5, 0.6) is 5.75 Å². The van der Waals surface area contributed by atoms with E-state index in [0.29, 0.717) is 12.1 Å². The summed E-state index contributed by atoms with van der Waals surface area (Å²) in [5.41, 5.74) is 4.62. The standard InChI is InChI=1S/C8H7F2NO3/c9-4-2-5(10)6(12)1-3(4)7(11)8(13)14/h1-2,7,12H,11H2,(H,13,14). The Labute approximate surface area is 77.6 Å². The van der Waals surface area contributed by atoms with Crippen LogP contribution in [-0.2, 0) is 4.79 Å². The molecule has 0 radical (unpaired) electrons. The van der Waals surface area contributed by atoms with Crippen molar-refractivity contribution in [2.45, 2.75) is 6.04 Å². The van der Waals surface area contributed by atoms with Crippen molar-refractivity contribution in [2.75, 3.05) is 0 Å². The van der Waals surface area contributed by atoms with E-state index in [-0.39, 0.29) is 0 Å². The molecule has 0 fully saturated rings. The van der Waals surface area contributed by atoms with E-state index in [1.54, 1.807) is 0 Å². The van der Waals surface area contributed by atoms with Crippen LogP contribution in [0.4, 0.5) is 8.78 Å². The molecule has 0 aliphatic carbocycles. The normalized spacial score (nSPS) is 12.5. The van der Waals surface area contributed by atoms with Crippen LogP contribution in [0.3, 0.4) is 0 Å². The van der Waals surface area contributed by atoms with Crippen LogP contribution in [0.25, 0.3) is 0 Å². The van der Waals surface area contributed by atoms with Crippen molar-refractivity contribution in [1.29, 1.82) is 0 Å². The largest absolute Gasteiger partial charge is 0.505 e. The molecule has 4 N–H and O–H groups in total. The molecule has 0 saturated carbocycles. The van der Waals surface area contributed by atoms with Gasteiger partial charge in [0.25, 0.3) is 0 Å². The second kappa shape index (κ2) is 3.59. The molecule has 4 nitrogen and oxygen atoms in total. The molecule has 6 heteroatoms. The molecule has 0 aliphatic rings. The second-order valence-corrected chi connectivity index (χ2v) is 2.64. The minimum atomic E-state index is -1.62. The number of rotatable bonds is 2. The fourth-order valence-electron chi connectivity index (χ4n) is 0.925. The van der Waals surface area contributed by atoms with Crippen LogP contribution < -0.4 is 5.73 Å². The number of phenolic OH excluding ortho intramolecular Hbond substituents is 1. The zero-order chi connectivity index (χ0) is 10.9. The third-order valence-corrected chi connectivity index (χ3v) is 1.67. The maximum Gasteiger partial charge on any atom is 0.325 e. The summed E-state index contributed by atoms with van der Waals surface area (Å²) in [4.78, 5) is 10.4. The van der Waals surface area contributed by atoms with Gasteiger partial charge in [0, 0.05) is 11.6 Å². The number of nitrogens with two attached hydrogens (primary N) is 1. The molecule has 14 heavy (non-hydrogen) atoms. The van der Waals surface area contributed by atoms with Gasteiger partial charge in [0.1, 0.15) is 11.9 Å². The van der Waals surface area contributed by atoms with E-state index in [1.165, 1.54) is 0 Å². The Balaban J connectivity index is 3.22. The van der Waals surface area contributed by atoms with Gasteiger partial charge < -0.3 is 15.9 Å². The van der Waals surface area contributed by atoms with E-state index in [0.717, 1.165) is 0 Å². The average Bonchev–Trinajstić information content (AvgIpc) is 2.10. The van der Waals surface area contributed by atoms with Crippen LogP contribution >= 0.6 is 0 Å². The molecule has 1 unspecified atom stereocenters. The molecule has 76 valence electrons. The Morgan fingerprint density at radius 3 is 2.43 bits per heavy atom. The van der Waals surface area contributed by atoms with Gasteiger partial charge in [-0.2, -0.15) is 0 Å². The summed E-state index contributed by atoms with van der Waals surface area (Å²) in [6, 6.07) is -0.585. The SMILES string of the molecule is NC(C(=O)O)c1cc(O)c(F)cc1F. The van der Waals surface area contributed by atoms with E-state index < -0.39 is 35.0 Å². The van der Waals surface area contributed by atoms with Crippen molar-refractivity contribution in [3.63, 3.8) is 0 Å². The second-order valence-electron chi connectivity index (χ2n) is 2.64. The highest BCUT2D eigenvalue weighted by atomic mass is 19.1. The monoisotopic (exact) mass is 203 g/mol. The molecule has 0 saturated heterocycles. The lowest BCUT2D eigenvalue weighted by atomic mass is 10.1. The Bertz CT molecular complexity index is 381. The van der Waals surface area contributed by atoms with Crippen molar-refractivity contribution < 1.29 is 23.8 Å². The van der Waals surface area contributed by atoms with Gasteiger partial charge in [-0.25, -0.2) is 8.78 Å². The molecule has 1 aromatic carbocycles. The summed E-state index contributed by atoms with van der Waals surface area (Å²) in [6.45, 7) is 0. The third-order valence-electron chi connectivity index (χ3n) is 1.67. The van der Waals surface area contributed by atoms with E-state index in [4.69, 9.17) is 15.9 Å². The Morgan fingerprint density at radius 1 is 1.36 bits per heavy atom. The molecule has 0 aromatic heterocycles. The number of carboxylic acid groups (broad SMARTS) is 1. The number of benzene rings is 1. The lowest BCUT2D eigenvalue weighted by Crippen LogP contribution is -2.21. The van der Waals surface area contributed by atoms with Crippen molar-refractivity contribution in [3.05, 3.63) is 29.3 Å². The van der Waals surface area contributed by atoms with Crippen LogP contribution in [0.2, 0.25) is 0 Å². The van der Waals surface area contributed by atoms with E-state index in [9.17, 15) is 13.6 Å². The smallest absolute Gasteiger partial charge is 0.325 e. The first-order chi connectivity index (χ1) is 6.43. The number of phenols is 1. The summed E-state index contributed by atoms with van der Waals surface area (Å²) < 4.78 is 25.5. The number of hydrogen-bond acceptors (Lipinski definition) is 3. The predicted molar refractivity (Wildman–Crippen MR) is 42.6 cm³/mol. The molecule has 0 amide bonds. The quantitative estimate of drug-likeness (QED) is 0.662. The van der Waals surface area contributed by atoms with Crippen molar-refractivity contribution >= 4 is 5.97 Å². The molecule has 0 aliphatic heterocycles. The van der Waals surface area contributed by atoms with Gasteiger partial charge in [-0.3, -0.25) is 4.79 Å². The topological polar surface area (TPSA) is 83.6 Å². The highest BCUT2D eigenvalue weighted by Crippen LogP contribution is 2.23. The maximum absolute atomic E-state index is 12.9. The summed E-state index contributed by atoms with van der Waals surface area (Å²) in [5, 5.41) is 17.3. The third kappa shape index (κ3) is 1.80. The van der Waals surface area contributed by atoms with Crippen molar-refractivity contribution in [3.8, 4) is 5.75 Å². The summed E-state index contributed by atoms with van der Waals surface area (Å²) in [6.07, 6.45) is 0. The minimum absolute atomic E-state index is 0.382. The van der Waals surface area contributed by atoms with Gasteiger partial charge in [0.2, 0.25) is 0 Å². The highest BCUT2D eigenvalue weighted by molar-refractivity contribution is 5.75. The number of carboxylic acids is 1. The zero-order valence-corrected chi connectivity index (χ0v) is 6.87. The number of aromatic hydroxyl groups is 1. The van der Waals surface area contributed by atoms with Crippen LogP contribution in [-0.4, -0.2) is 16.2 Å². The van der Waals surface area contributed by atoms with Gasteiger partial charge in [0.05, 0.1) is 0 Å². The van der Waals surface area contributed by atoms with Gasteiger partial charge >= 0.3 is 5.97 Å².